The fraction of sp³-hybridized carbons (Fsp3) is 0.571. The lowest BCUT2D eigenvalue weighted by Crippen LogP contribution is -2.49. The Bertz CT molecular complexity index is 652. The quantitative estimate of drug-likeness (QED) is 0.828. The fourth-order valence-corrected chi connectivity index (χ4v) is 2.56. The number of imidazole rings is 1. The van der Waals surface area contributed by atoms with Gasteiger partial charge in [-0.05, 0) is 13.8 Å². The summed E-state index contributed by atoms with van der Waals surface area (Å²) < 4.78 is 1.99. The molecule has 0 saturated carbocycles. The molecule has 1 aliphatic rings. The van der Waals surface area contributed by atoms with E-state index in [0.29, 0.717) is 18.8 Å². The number of amides is 1. The Morgan fingerprint density at radius 1 is 1.23 bits per heavy atom. The van der Waals surface area contributed by atoms with E-state index >= 15 is 0 Å². The van der Waals surface area contributed by atoms with Crippen molar-refractivity contribution in [1.29, 1.82) is 0 Å². The maximum Gasteiger partial charge on any atom is 0.276 e. The number of piperazine rings is 1. The number of anilines is 1. The number of nitrogens with zero attached hydrogens (tertiary/aromatic N) is 7. The van der Waals surface area contributed by atoms with Crippen molar-refractivity contribution >= 4 is 11.9 Å². The molecule has 0 radical (unpaired) electrons. The lowest BCUT2D eigenvalue weighted by Gasteiger charge is -2.34. The zero-order valence-electron chi connectivity index (χ0n) is 13.2. The highest BCUT2D eigenvalue weighted by Gasteiger charge is 2.25. The predicted molar refractivity (Wildman–Crippen MR) is 81.7 cm³/mol. The second-order valence-corrected chi connectivity index (χ2v) is 5.76. The monoisotopic (exact) mass is 303 g/mol. The van der Waals surface area contributed by atoms with Gasteiger partial charge in [-0.15, -0.1) is 5.10 Å². The van der Waals surface area contributed by atoms with Crippen LogP contribution in [-0.2, 0) is 7.05 Å². The van der Waals surface area contributed by atoms with Crippen LogP contribution in [0.4, 0.5) is 5.95 Å². The third kappa shape index (κ3) is 2.68. The Kier molecular flexibility index (Phi) is 3.82. The van der Waals surface area contributed by atoms with Gasteiger partial charge in [0, 0.05) is 45.6 Å². The van der Waals surface area contributed by atoms with E-state index in [9.17, 15) is 4.79 Å². The predicted octanol–water partition coefficient (Wildman–Crippen LogP) is 0.555. The van der Waals surface area contributed by atoms with Gasteiger partial charge in [-0.1, -0.05) is 0 Å². The van der Waals surface area contributed by atoms with Gasteiger partial charge in [0.05, 0.1) is 12.2 Å². The van der Waals surface area contributed by atoms with E-state index in [2.05, 4.69) is 20.1 Å². The minimum absolute atomic E-state index is 0.0496. The van der Waals surface area contributed by atoms with E-state index < -0.39 is 0 Å². The van der Waals surface area contributed by atoms with Crippen LogP contribution < -0.4 is 4.90 Å². The Hall–Kier alpha value is -2.38. The smallest absolute Gasteiger partial charge is 0.276 e. The zero-order valence-corrected chi connectivity index (χ0v) is 13.2. The summed E-state index contributed by atoms with van der Waals surface area (Å²) in [4.78, 5) is 22.4. The maximum absolute atomic E-state index is 12.5. The van der Waals surface area contributed by atoms with Gasteiger partial charge in [0.25, 0.3) is 5.91 Å². The molecular weight excluding hydrogens is 282 g/mol. The third-order valence-corrected chi connectivity index (χ3v) is 3.83. The molecule has 0 bridgehead atoms. The van der Waals surface area contributed by atoms with Gasteiger partial charge in [-0.2, -0.15) is 9.90 Å². The van der Waals surface area contributed by atoms with Crippen LogP contribution in [0.1, 0.15) is 30.4 Å². The first-order chi connectivity index (χ1) is 10.6. The Morgan fingerprint density at radius 2 is 1.95 bits per heavy atom. The fourth-order valence-electron chi connectivity index (χ4n) is 2.56. The SMILES string of the molecule is CC(C)n1ncc(C(=O)N2CCN(c3nccn3C)CC2)n1. The minimum atomic E-state index is -0.0496. The van der Waals surface area contributed by atoms with E-state index in [1.54, 1.807) is 17.2 Å². The van der Waals surface area contributed by atoms with Gasteiger partial charge in [0.2, 0.25) is 5.95 Å². The van der Waals surface area contributed by atoms with E-state index in [1.165, 1.54) is 0 Å². The molecule has 1 fully saturated rings. The zero-order chi connectivity index (χ0) is 15.7. The lowest BCUT2D eigenvalue weighted by molar-refractivity contribution is 0.0739. The van der Waals surface area contributed by atoms with Crippen molar-refractivity contribution < 1.29 is 4.79 Å². The van der Waals surface area contributed by atoms with E-state index in [-0.39, 0.29) is 11.9 Å². The summed E-state index contributed by atoms with van der Waals surface area (Å²) in [5, 5.41) is 8.39. The molecule has 3 heterocycles. The lowest BCUT2D eigenvalue weighted by atomic mass is 10.3. The highest BCUT2D eigenvalue weighted by Crippen LogP contribution is 2.14. The molecule has 1 saturated heterocycles. The molecule has 22 heavy (non-hydrogen) atoms. The van der Waals surface area contributed by atoms with Crippen LogP contribution in [-0.4, -0.2) is 61.5 Å². The van der Waals surface area contributed by atoms with Gasteiger partial charge >= 0.3 is 0 Å². The minimum Gasteiger partial charge on any atom is -0.339 e. The molecule has 1 amide bonds. The van der Waals surface area contributed by atoms with Gasteiger partial charge in [-0.25, -0.2) is 4.98 Å². The van der Waals surface area contributed by atoms with Crippen LogP contribution in [0.2, 0.25) is 0 Å². The largest absolute Gasteiger partial charge is 0.339 e. The average Bonchev–Trinajstić information content (AvgIpc) is 3.15. The van der Waals surface area contributed by atoms with Crippen molar-refractivity contribution in [2.75, 3.05) is 31.1 Å². The molecule has 0 N–H and O–H groups in total. The summed E-state index contributed by atoms with van der Waals surface area (Å²) in [6.45, 7) is 6.85. The molecule has 0 spiro atoms. The van der Waals surface area contributed by atoms with Crippen LogP contribution in [0.5, 0.6) is 0 Å². The average molecular weight is 303 g/mol. The summed E-state index contributed by atoms with van der Waals surface area (Å²) in [6, 6.07) is 0.154. The van der Waals surface area contributed by atoms with Crippen LogP contribution in [0.25, 0.3) is 0 Å². The maximum atomic E-state index is 12.5. The van der Waals surface area contributed by atoms with Crippen molar-refractivity contribution in [3.05, 3.63) is 24.3 Å². The van der Waals surface area contributed by atoms with Crippen LogP contribution in [0, 0.1) is 0 Å². The van der Waals surface area contributed by atoms with Crippen LogP contribution >= 0.6 is 0 Å². The standard InChI is InChI=1S/C14H21N7O/c1-11(2)21-16-10-12(17-21)13(22)19-6-8-20(9-7-19)14-15-4-5-18(14)3/h4-5,10-11H,6-9H2,1-3H3. The highest BCUT2D eigenvalue weighted by atomic mass is 16.2. The van der Waals surface area contributed by atoms with Gasteiger partial charge < -0.3 is 14.4 Å². The molecule has 0 aromatic carbocycles. The van der Waals surface area contributed by atoms with Crippen molar-refractivity contribution in [3.8, 4) is 0 Å². The molecule has 2 aromatic rings. The number of aryl methyl sites for hydroxylation is 1. The normalized spacial score (nSPS) is 15.6. The molecule has 118 valence electrons. The number of hydrogen-bond acceptors (Lipinski definition) is 5. The molecule has 8 nitrogen and oxygen atoms in total. The topological polar surface area (TPSA) is 72.1 Å². The van der Waals surface area contributed by atoms with Crippen molar-refractivity contribution in [2.45, 2.75) is 19.9 Å². The highest BCUT2D eigenvalue weighted by molar-refractivity contribution is 5.92. The number of hydrogen-bond donors (Lipinski definition) is 0. The summed E-state index contributed by atoms with van der Waals surface area (Å²) in [5.41, 5.74) is 0.416. The van der Waals surface area contributed by atoms with E-state index in [0.717, 1.165) is 19.0 Å². The molecular formula is C14H21N7O. The summed E-state index contributed by atoms with van der Waals surface area (Å²) in [7, 11) is 1.98. The molecule has 1 aliphatic heterocycles. The number of rotatable bonds is 3. The van der Waals surface area contributed by atoms with E-state index in [4.69, 9.17) is 0 Å². The second-order valence-electron chi connectivity index (χ2n) is 5.76. The van der Waals surface area contributed by atoms with Crippen LogP contribution in [0.3, 0.4) is 0 Å². The molecule has 0 aliphatic carbocycles. The first kappa shape index (κ1) is 14.6. The van der Waals surface area contributed by atoms with Crippen molar-refractivity contribution in [1.82, 2.24) is 29.4 Å². The Morgan fingerprint density at radius 3 is 2.50 bits per heavy atom. The molecule has 2 aromatic heterocycles. The first-order valence-electron chi connectivity index (χ1n) is 7.49. The number of carbonyl (C=O) groups is 1. The number of aromatic nitrogens is 5. The second kappa shape index (κ2) is 5.78. The third-order valence-electron chi connectivity index (χ3n) is 3.83. The molecule has 0 atom stereocenters. The summed E-state index contributed by atoms with van der Waals surface area (Å²) in [6.07, 6.45) is 5.27. The van der Waals surface area contributed by atoms with E-state index in [1.807, 2.05) is 36.6 Å². The summed E-state index contributed by atoms with van der Waals surface area (Å²) in [5.74, 6) is 0.893. The van der Waals surface area contributed by atoms with Gasteiger partial charge in [-0.3, -0.25) is 4.79 Å². The first-order valence-corrected chi connectivity index (χ1v) is 7.49. The Labute approximate surface area is 129 Å². The van der Waals surface area contributed by atoms with Crippen molar-refractivity contribution in [3.63, 3.8) is 0 Å². The van der Waals surface area contributed by atoms with Crippen molar-refractivity contribution in [2.24, 2.45) is 7.05 Å². The van der Waals surface area contributed by atoms with Crippen LogP contribution in [0.15, 0.2) is 18.6 Å². The molecule has 3 rings (SSSR count). The number of carbonyl (C=O) groups excluding carboxylic acids is 1. The van der Waals surface area contributed by atoms with Gasteiger partial charge in [0.15, 0.2) is 5.69 Å². The van der Waals surface area contributed by atoms with Gasteiger partial charge in [0.1, 0.15) is 0 Å². The summed E-state index contributed by atoms with van der Waals surface area (Å²) >= 11 is 0. The Balaban J connectivity index is 1.63. The molecule has 8 heteroatoms. The molecule has 0 unspecified atom stereocenters.